The summed E-state index contributed by atoms with van der Waals surface area (Å²) in [4.78, 5) is 12.0. The zero-order chi connectivity index (χ0) is 19.5. The Morgan fingerprint density at radius 2 is 1.27 bits per heavy atom. The van der Waals surface area contributed by atoms with Crippen LogP contribution in [-0.2, 0) is 9.53 Å². The fourth-order valence-corrected chi connectivity index (χ4v) is 3.41. The van der Waals surface area contributed by atoms with Crippen LogP contribution in [-0.4, -0.2) is 23.8 Å². The molecule has 0 rings (SSSR count). The molecule has 0 aliphatic heterocycles. The van der Waals surface area contributed by atoms with Gasteiger partial charge in [0.2, 0.25) is 0 Å². The molecular formula is C23H46O3. The van der Waals surface area contributed by atoms with Crippen molar-refractivity contribution in [1.29, 1.82) is 0 Å². The first-order chi connectivity index (χ1) is 12.6. The SMILES string of the molecule is CCCCCCCCCCCCCC(CO)CC(=O)OC(C)CCCC. The number of rotatable bonds is 19. The monoisotopic (exact) mass is 370 g/mol. The van der Waals surface area contributed by atoms with Crippen molar-refractivity contribution < 1.29 is 14.6 Å². The van der Waals surface area contributed by atoms with Crippen molar-refractivity contribution >= 4 is 5.97 Å². The molecule has 0 fully saturated rings. The zero-order valence-corrected chi connectivity index (χ0v) is 17.9. The van der Waals surface area contributed by atoms with E-state index in [0.717, 1.165) is 32.1 Å². The Labute approximate surface area is 163 Å². The van der Waals surface area contributed by atoms with Gasteiger partial charge in [0, 0.05) is 6.61 Å². The van der Waals surface area contributed by atoms with Crippen molar-refractivity contribution in [3.63, 3.8) is 0 Å². The zero-order valence-electron chi connectivity index (χ0n) is 17.9. The molecular weight excluding hydrogens is 324 g/mol. The van der Waals surface area contributed by atoms with Crippen LogP contribution in [0.5, 0.6) is 0 Å². The van der Waals surface area contributed by atoms with Gasteiger partial charge in [-0.25, -0.2) is 0 Å². The summed E-state index contributed by atoms with van der Waals surface area (Å²) in [5.74, 6) is -0.0739. The van der Waals surface area contributed by atoms with Crippen LogP contribution in [0.15, 0.2) is 0 Å². The summed E-state index contributed by atoms with van der Waals surface area (Å²) >= 11 is 0. The lowest BCUT2D eigenvalue weighted by molar-refractivity contribution is -0.150. The largest absolute Gasteiger partial charge is 0.463 e. The van der Waals surface area contributed by atoms with E-state index in [2.05, 4.69) is 13.8 Å². The molecule has 0 radical (unpaired) electrons. The molecule has 0 saturated heterocycles. The van der Waals surface area contributed by atoms with Crippen LogP contribution in [0.3, 0.4) is 0 Å². The van der Waals surface area contributed by atoms with Crippen LogP contribution in [0.4, 0.5) is 0 Å². The number of ether oxygens (including phenoxy) is 1. The standard InChI is InChI=1S/C23H46O3/c1-4-6-8-9-10-11-12-13-14-15-16-18-22(20-24)19-23(25)26-21(3)17-7-5-2/h21-22,24H,4-20H2,1-3H3. The highest BCUT2D eigenvalue weighted by molar-refractivity contribution is 5.69. The second-order valence-electron chi connectivity index (χ2n) is 8.02. The van der Waals surface area contributed by atoms with Gasteiger partial charge in [-0.05, 0) is 25.7 Å². The van der Waals surface area contributed by atoms with E-state index in [-0.39, 0.29) is 24.6 Å². The highest BCUT2D eigenvalue weighted by Crippen LogP contribution is 2.17. The van der Waals surface area contributed by atoms with E-state index in [1.807, 2.05) is 6.92 Å². The molecule has 0 aromatic heterocycles. The molecule has 1 N–H and O–H groups in total. The van der Waals surface area contributed by atoms with Crippen LogP contribution in [0, 0.1) is 5.92 Å². The van der Waals surface area contributed by atoms with E-state index in [1.165, 1.54) is 64.2 Å². The molecule has 0 amide bonds. The van der Waals surface area contributed by atoms with Crippen molar-refractivity contribution in [2.24, 2.45) is 5.92 Å². The van der Waals surface area contributed by atoms with Crippen LogP contribution in [0.1, 0.15) is 124 Å². The number of hydrogen-bond acceptors (Lipinski definition) is 3. The lowest BCUT2D eigenvalue weighted by atomic mass is 9.97. The van der Waals surface area contributed by atoms with Crippen molar-refractivity contribution in [2.45, 2.75) is 130 Å². The third-order valence-electron chi connectivity index (χ3n) is 5.23. The number of carbonyl (C=O) groups is 1. The van der Waals surface area contributed by atoms with Crippen LogP contribution >= 0.6 is 0 Å². The number of aliphatic hydroxyl groups excluding tert-OH is 1. The molecule has 2 atom stereocenters. The third kappa shape index (κ3) is 16.9. The molecule has 0 aliphatic rings. The van der Waals surface area contributed by atoms with E-state index < -0.39 is 0 Å². The number of hydrogen-bond donors (Lipinski definition) is 1. The van der Waals surface area contributed by atoms with E-state index >= 15 is 0 Å². The second kappa shape index (κ2) is 19.2. The summed E-state index contributed by atoms with van der Waals surface area (Å²) in [5, 5.41) is 9.50. The molecule has 3 nitrogen and oxygen atoms in total. The maximum atomic E-state index is 12.0. The Kier molecular flexibility index (Phi) is 18.8. The maximum Gasteiger partial charge on any atom is 0.306 e. The molecule has 0 spiro atoms. The van der Waals surface area contributed by atoms with Gasteiger partial charge in [-0.3, -0.25) is 4.79 Å². The Morgan fingerprint density at radius 3 is 1.77 bits per heavy atom. The number of unbranched alkanes of at least 4 members (excludes halogenated alkanes) is 11. The molecule has 0 aliphatic carbocycles. The first-order valence-electron chi connectivity index (χ1n) is 11.4. The quantitative estimate of drug-likeness (QED) is 0.201. The van der Waals surface area contributed by atoms with Crippen molar-refractivity contribution in [3.8, 4) is 0 Å². The number of esters is 1. The molecule has 0 aromatic rings. The van der Waals surface area contributed by atoms with E-state index in [4.69, 9.17) is 4.74 Å². The minimum atomic E-state index is -0.143. The third-order valence-corrected chi connectivity index (χ3v) is 5.23. The van der Waals surface area contributed by atoms with Gasteiger partial charge in [0.15, 0.2) is 0 Å². The smallest absolute Gasteiger partial charge is 0.306 e. The van der Waals surface area contributed by atoms with Gasteiger partial charge in [-0.1, -0.05) is 97.3 Å². The second-order valence-corrected chi connectivity index (χ2v) is 8.02. The van der Waals surface area contributed by atoms with Crippen molar-refractivity contribution in [3.05, 3.63) is 0 Å². The first kappa shape index (κ1) is 25.4. The van der Waals surface area contributed by atoms with Gasteiger partial charge >= 0.3 is 5.97 Å². The van der Waals surface area contributed by atoms with Crippen LogP contribution in [0.25, 0.3) is 0 Å². The molecule has 0 aromatic carbocycles. The van der Waals surface area contributed by atoms with Gasteiger partial charge < -0.3 is 9.84 Å². The Hall–Kier alpha value is -0.570. The maximum absolute atomic E-state index is 12.0. The van der Waals surface area contributed by atoms with Gasteiger partial charge in [-0.15, -0.1) is 0 Å². The minimum absolute atomic E-state index is 0.00349. The lowest BCUT2D eigenvalue weighted by Crippen LogP contribution is -2.19. The summed E-state index contributed by atoms with van der Waals surface area (Å²) in [6, 6.07) is 0. The average molecular weight is 371 g/mol. The fraction of sp³-hybridized carbons (Fsp3) is 0.957. The molecule has 26 heavy (non-hydrogen) atoms. The molecule has 156 valence electrons. The first-order valence-corrected chi connectivity index (χ1v) is 11.4. The van der Waals surface area contributed by atoms with Gasteiger partial charge in [0.1, 0.15) is 0 Å². The lowest BCUT2D eigenvalue weighted by Gasteiger charge is -2.16. The molecule has 0 bridgehead atoms. The van der Waals surface area contributed by atoms with Crippen LogP contribution < -0.4 is 0 Å². The minimum Gasteiger partial charge on any atom is -0.463 e. The molecule has 0 saturated carbocycles. The highest BCUT2D eigenvalue weighted by atomic mass is 16.5. The average Bonchev–Trinajstić information content (AvgIpc) is 2.63. The predicted molar refractivity (Wildman–Crippen MR) is 111 cm³/mol. The summed E-state index contributed by atoms with van der Waals surface area (Å²) < 4.78 is 5.44. The van der Waals surface area contributed by atoms with E-state index in [0.29, 0.717) is 6.42 Å². The highest BCUT2D eigenvalue weighted by Gasteiger charge is 2.16. The predicted octanol–water partition coefficient (Wildman–Crippen LogP) is 6.81. The van der Waals surface area contributed by atoms with Gasteiger partial charge in [0.05, 0.1) is 12.5 Å². The summed E-state index contributed by atoms with van der Waals surface area (Å²) in [6.07, 6.45) is 19.0. The molecule has 3 heteroatoms. The fourth-order valence-electron chi connectivity index (χ4n) is 3.41. The topological polar surface area (TPSA) is 46.5 Å². The Bertz CT molecular complexity index is 304. The summed E-state index contributed by atoms with van der Waals surface area (Å²) in [7, 11) is 0. The summed E-state index contributed by atoms with van der Waals surface area (Å²) in [5.41, 5.74) is 0. The molecule has 2 unspecified atom stereocenters. The van der Waals surface area contributed by atoms with Crippen LogP contribution in [0.2, 0.25) is 0 Å². The Morgan fingerprint density at radius 1 is 0.769 bits per heavy atom. The Balaban J connectivity index is 3.56. The van der Waals surface area contributed by atoms with E-state index in [9.17, 15) is 9.90 Å². The van der Waals surface area contributed by atoms with E-state index in [1.54, 1.807) is 0 Å². The number of carbonyl (C=O) groups excluding carboxylic acids is 1. The van der Waals surface area contributed by atoms with Gasteiger partial charge in [-0.2, -0.15) is 0 Å². The normalized spacial score (nSPS) is 13.5. The number of aliphatic hydroxyl groups is 1. The van der Waals surface area contributed by atoms with Crippen molar-refractivity contribution in [1.82, 2.24) is 0 Å². The van der Waals surface area contributed by atoms with Crippen molar-refractivity contribution in [2.75, 3.05) is 6.61 Å². The summed E-state index contributed by atoms with van der Waals surface area (Å²) in [6.45, 7) is 6.46. The molecule has 0 heterocycles. The van der Waals surface area contributed by atoms with Gasteiger partial charge in [0.25, 0.3) is 0 Å².